The van der Waals surface area contributed by atoms with Crippen LogP contribution in [0.2, 0.25) is 5.02 Å². The minimum absolute atomic E-state index is 0.0614. The van der Waals surface area contributed by atoms with Gasteiger partial charge >= 0.3 is 5.97 Å². The van der Waals surface area contributed by atoms with Crippen LogP contribution in [-0.4, -0.2) is 30.9 Å². The Bertz CT molecular complexity index is 979. The highest BCUT2D eigenvalue weighted by Gasteiger charge is 2.36. The first-order chi connectivity index (χ1) is 13.7. The van der Waals surface area contributed by atoms with Gasteiger partial charge in [0, 0.05) is 23.1 Å². The number of anilines is 2. The fourth-order valence-electron chi connectivity index (χ4n) is 3.04. The van der Waals surface area contributed by atoms with Crippen molar-refractivity contribution in [2.45, 2.75) is 20.3 Å². The molecule has 1 N–H and O–H groups in total. The first-order valence-electron chi connectivity index (χ1n) is 9.03. The summed E-state index contributed by atoms with van der Waals surface area (Å²) in [6.07, 6.45) is 0.0614. The van der Waals surface area contributed by atoms with Crippen molar-refractivity contribution in [3.05, 3.63) is 57.0 Å². The zero-order valence-electron chi connectivity index (χ0n) is 16.0. The van der Waals surface area contributed by atoms with Gasteiger partial charge in [-0.3, -0.25) is 14.4 Å². The number of ether oxygens (including phenoxy) is 1. The third-order valence-corrected chi connectivity index (χ3v) is 5.62. The number of carbonyl (C=O) groups excluding carboxylic acids is 3. The third-order valence-electron chi connectivity index (χ3n) is 4.81. The fraction of sp³-hybridized carbons (Fsp3) is 0.286. The number of carbonyl (C=O) groups is 3. The lowest BCUT2D eigenvalue weighted by Crippen LogP contribution is -2.28. The lowest BCUT2D eigenvalue weighted by atomic mass is 10.1. The van der Waals surface area contributed by atoms with Crippen LogP contribution in [-0.2, 0) is 19.1 Å². The fourth-order valence-corrected chi connectivity index (χ4v) is 3.76. The molecule has 29 heavy (non-hydrogen) atoms. The van der Waals surface area contributed by atoms with E-state index in [1.165, 1.54) is 0 Å². The van der Waals surface area contributed by atoms with Crippen LogP contribution in [0.5, 0.6) is 0 Å². The van der Waals surface area contributed by atoms with Crippen molar-refractivity contribution in [3.63, 3.8) is 0 Å². The Morgan fingerprint density at radius 1 is 1.21 bits per heavy atom. The highest BCUT2D eigenvalue weighted by molar-refractivity contribution is 9.10. The topological polar surface area (TPSA) is 75.7 Å². The average Bonchev–Trinajstić information content (AvgIpc) is 3.06. The summed E-state index contributed by atoms with van der Waals surface area (Å²) >= 11 is 9.34. The van der Waals surface area contributed by atoms with Gasteiger partial charge in [0.15, 0.2) is 6.61 Å². The Labute approximate surface area is 182 Å². The molecule has 2 amide bonds. The van der Waals surface area contributed by atoms with E-state index >= 15 is 0 Å². The Morgan fingerprint density at radius 2 is 1.97 bits per heavy atom. The van der Waals surface area contributed by atoms with Crippen molar-refractivity contribution in [1.82, 2.24) is 0 Å². The highest BCUT2D eigenvalue weighted by Crippen LogP contribution is 2.28. The molecule has 1 fully saturated rings. The van der Waals surface area contributed by atoms with Gasteiger partial charge in [0.25, 0.3) is 5.91 Å². The van der Waals surface area contributed by atoms with E-state index in [0.29, 0.717) is 10.7 Å². The number of benzene rings is 2. The van der Waals surface area contributed by atoms with Gasteiger partial charge in [-0.2, -0.15) is 0 Å². The summed E-state index contributed by atoms with van der Waals surface area (Å²) in [4.78, 5) is 38.3. The number of amides is 2. The Balaban J connectivity index is 1.55. The van der Waals surface area contributed by atoms with Gasteiger partial charge < -0.3 is 15.0 Å². The van der Waals surface area contributed by atoms with E-state index in [1.54, 1.807) is 23.1 Å². The molecule has 0 unspecified atom stereocenters. The Morgan fingerprint density at radius 3 is 2.66 bits per heavy atom. The van der Waals surface area contributed by atoms with Crippen molar-refractivity contribution in [1.29, 1.82) is 0 Å². The minimum Gasteiger partial charge on any atom is -0.455 e. The smallest absolute Gasteiger partial charge is 0.311 e. The predicted octanol–water partition coefficient (Wildman–Crippen LogP) is 4.25. The summed E-state index contributed by atoms with van der Waals surface area (Å²) in [5.74, 6) is -1.81. The molecule has 0 radical (unpaired) electrons. The summed E-state index contributed by atoms with van der Waals surface area (Å²) < 4.78 is 5.90. The SMILES string of the molecule is Cc1ccc(N2C[C@@H](C(=O)OCC(=O)Nc3ccc(Br)cc3Cl)CC2=O)cc1C. The molecular weight excluding hydrogens is 460 g/mol. The predicted molar refractivity (Wildman–Crippen MR) is 115 cm³/mol. The van der Waals surface area contributed by atoms with Crippen LogP contribution in [0.1, 0.15) is 17.5 Å². The second-order valence-electron chi connectivity index (χ2n) is 6.95. The Hall–Kier alpha value is -2.38. The van der Waals surface area contributed by atoms with Crippen LogP contribution in [0.25, 0.3) is 0 Å². The normalized spacial score (nSPS) is 16.1. The molecule has 0 bridgehead atoms. The first-order valence-corrected chi connectivity index (χ1v) is 10.2. The summed E-state index contributed by atoms with van der Waals surface area (Å²) in [5, 5.41) is 2.96. The number of hydrogen-bond acceptors (Lipinski definition) is 4. The maximum atomic E-state index is 12.4. The lowest BCUT2D eigenvalue weighted by molar-refractivity contribution is -0.151. The zero-order valence-corrected chi connectivity index (χ0v) is 18.3. The maximum absolute atomic E-state index is 12.4. The molecule has 1 aliphatic rings. The largest absolute Gasteiger partial charge is 0.455 e. The molecule has 6 nitrogen and oxygen atoms in total. The second-order valence-corrected chi connectivity index (χ2v) is 8.28. The molecule has 0 aliphatic carbocycles. The van der Waals surface area contributed by atoms with Crippen LogP contribution < -0.4 is 10.2 Å². The molecule has 1 heterocycles. The molecule has 2 aromatic carbocycles. The monoisotopic (exact) mass is 478 g/mol. The second kappa shape index (κ2) is 8.97. The van der Waals surface area contributed by atoms with Crippen molar-refractivity contribution >= 4 is 56.7 Å². The minimum atomic E-state index is -0.604. The van der Waals surface area contributed by atoms with E-state index in [0.717, 1.165) is 21.3 Å². The molecule has 0 aromatic heterocycles. The molecule has 3 rings (SSSR count). The van der Waals surface area contributed by atoms with Crippen LogP contribution in [0, 0.1) is 19.8 Å². The van der Waals surface area contributed by atoms with Crippen LogP contribution >= 0.6 is 27.5 Å². The van der Waals surface area contributed by atoms with Crippen molar-refractivity contribution in [2.24, 2.45) is 5.92 Å². The van der Waals surface area contributed by atoms with Crippen molar-refractivity contribution in [3.8, 4) is 0 Å². The number of nitrogens with one attached hydrogen (secondary N) is 1. The number of aryl methyl sites for hydroxylation is 2. The van der Waals surface area contributed by atoms with Gasteiger partial charge in [-0.15, -0.1) is 0 Å². The van der Waals surface area contributed by atoms with Crippen molar-refractivity contribution < 1.29 is 19.1 Å². The average molecular weight is 480 g/mol. The van der Waals surface area contributed by atoms with E-state index < -0.39 is 24.4 Å². The molecule has 1 saturated heterocycles. The summed E-state index contributed by atoms with van der Waals surface area (Å²) in [6.45, 7) is 3.76. The molecule has 8 heteroatoms. The maximum Gasteiger partial charge on any atom is 0.311 e. The van der Waals surface area contributed by atoms with Gasteiger partial charge in [-0.25, -0.2) is 0 Å². The summed E-state index contributed by atoms with van der Waals surface area (Å²) in [6, 6.07) is 10.8. The van der Waals surface area contributed by atoms with Gasteiger partial charge in [0.05, 0.1) is 16.6 Å². The Kier molecular flexibility index (Phi) is 6.59. The molecule has 0 spiro atoms. The zero-order chi connectivity index (χ0) is 21.1. The summed E-state index contributed by atoms with van der Waals surface area (Å²) in [7, 11) is 0. The number of hydrogen-bond donors (Lipinski definition) is 1. The van der Waals surface area contributed by atoms with E-state index in [-0.39, 0.29) is 18.9 Å². The molecule has 0 saturated carbocycles. The molecule has 152 valence electrons. The highest BCUT2D eigenvalue weighted by atomic mass is 79.9. The van der Waals surface area contributed by atoms with Crippen LogP contribution in [0.4, 0.5) is 11.4 Å². The lowest BCUT2D eigenvalue weighted by Gasteiger charge is -2.17. The molecule has 1 aliphatic heterocycles. The van der Waals surface area contributed by atoms with Gasteiger partial charge in [0.1, 0.15) is 0 Å². The van der Waals surface area contributed by atoms with Crippen LogP contribution in [0.3, 0.4) is 0 Å². The first kappa shape index (κ1) is 21.3. The van der Waals surface area contributed by atoms with E-state index in [1.807, 2.05) is 32.0 Å². The van der Waals surface area contributed by atoms with E-state index in [4.69, 9.17) is 16.3 Å². The standard InChI is InChI=1S/C21H20BrClN2O4/c1-12-3-5-16(7-13(12)2)25-10-14(8-20(25)27)21(28)29-11-19(26)24-18-6-4-15(22)9-17(18)23/h3-7,9,14H,8,10-11H2,1-2H3,(H,24,26)/t14-/m0/s1. The van der Waals surface area contributed by atoms with E-state index in [9.17, 15) is 14.4 Å². The summed E-state index contributed by atoms with van der Waals surface area (Å²) in [5.41, 5.74) is 3.39. The van der Waals surface area contributed by atoms with Gasteiger partial charge in [-0.05, 0) is 55.3 Å². The number of halogens is 2. The van der Waals surface area contributed by atoms with Crippen molar-refractivity contribution in [2.75, 3.05) is 23.4 Å². The number of esters is 1. The third kappa shape index (κ3) is 5.16. The quantitative estimate of drug-likeness (QED) is 0.651. The van der Waals surface area contributed by atoms with Gasteiger partial charge in [0.2, 0.25) is 5.91 Å². The molecular formula is C21H20BrClN2O4. The van der Waals surface area contributed by atoms with Gasteiger partial charge in [-0.1, -0.05) is 33.6 Å². The van der Waals surface area contributed by atoms with Crippen LogP contribution in [0.15, 0.2) is 40.9 Å². The number of rotatable bonds is 5. The molecule has 1 atom stereocenters. The molecule has 2 aromatic rings. The van der Waals surface area contributed by atoms with E-state index in [2.05, 4.69) is 21.2 Å². The number of nitrogens with zero attached hydrogens (tertiary/aromatic N) is 1.